The molecule has 2 amide bonds. The van der Waals surface area contributed by atoms with Crippen LogP contribution in [0.5, 0.6) is 17.2 Å². The van der Waals surface area contributed by atoms with E-state index in [9.17, 15) is 19.5 Å². The van der Waals surface area contributed by atoms with Crippen LogP contribution in [-0.4, -0.2) is 46.7 Å². The highest BCUT2D eigenvalue weighted by molar-refractivity contribution is 5.98. The number of nitrogens with zero attached hydrogens (tertiary/aromatic N) is 2. The summed E-state index contributed by atoms with van der Waals surface area (Å²) in [7, 11) is 2.94. The number of para-hydroxylation sites is 2. The minimum absolute atomic E-state index is 0.0828. The Morgan fingerprint density at radius 3 is 2.42 bits per heavy atom. The summed E-state index contributed by atoms with van der Waals surface area (Å²) in [5.74, 6) is -0.552. The van der Waals surface area contributed by atoms with Crippen molar-refractivity contribution in [1.82, 2.24) is 14.9 Å². The van der Waals surface area contributed by atoms with Gasteiger partial charge in [-0.25, -0.2) is 4.98 Å². The molecule has 10 heteroatoms. The molecule has 3 rings (SSSR count). The molecule has 1 atom stereocenters. The van der Waals surface area contributed by atoms with Gasteiger partial charge in [-0.3, -0.25) is 19.0 Å². The third-order valence-electron chi connectivity index (χ3n) is 5.07. The molecule has 1 heterocycles. The first-order chi connectivity index (χ1) is 15.7. The Balaban J connectivity index is 1.79. The zero-order chi connectivity index (χ0) is 24.1. The molecule has 0 unspecified atom stereocenters. The molecule has 0 aliphatic heterocycles. The number of amides is 2. The zero-order valence-electron chi connectivity index (χ0n) is 18.8. The first-order valence-corrected chi connectivity index (χ1v) is 10.2. The topological polar surface area (TPSA) is 132 Å². The number of phenols is 1. The van der Waals surface area contributed by atoms with Gasteiger partial charge >= 0.3 is 0 Å². The van der Waals surface area contributed by atoms with Crippen LogP contribution in [0.3, 0.4) is 0 Å². The first kappa shape index (κ1) is 23.6. The van der Waals surface area contributed by atoms with Gasteiger partial charge in [0, 0.05) is 6.07 Å². The van der Waals surface area contributed by atoms with Crippen LogP contribution in [0.2, 0.25) is 0 Å². The van der Waals surface area contributed by atoms with Gasteiger partial charge in [0.05, 0.1) is 37.1 Å². The number of aromatic hydroxyl groups is 1. The molecular weight excluding hydrogens is 428 g/mol. The number of hydrogen-bond acceptors (Lipinski definition) is 7. The van der Waals surface area contributed by atoms with Crippen LogP contribution in [0.25, 0.3) is 10.9 Å². The molecule has 0 bridgehead atoms. The molecular formula is C23H26N4O6. The van der Waals surface area contributed by atoms with Crippen LogP contribution < -0.4 is 25.7 Å². The highest BCUT2D eigenvalue weighted by Crippen LogP contribution is 2.29. The molecule has 0 radical (unpaired) electrons. The fraction of sp³-hybridized carbons (Fsp3) is 0.304. The van der Waals surface area contributed by atoms with Gasteiger partial charge in [-0.2, -0.15) is 0 Å². The summed E-state index contributed by atoms with van der Waals surface area (Å²) >= 11 is 0. The maximum absolute atomic E-state index is 12.9. The third-order valence-corrected chi connectivity index (χ3v) is 5.07. The minimum atomic E-state index is -0.884. The van der Waals surface area contributed by atoms with Crippen LogP contribution in [-0.2, 0) is 16.1 Å². The standard InChI is InChI=1S/C23H26N4O6/c1-13(2)21(22(30)25-15-7-5-6-8-17(15)28)26-20(29)11-27-12-24-16-10-19(33-4)18(32-3)9-14(16)23(27)31/h5-10,12-13,21,28H,11H2,1-4H3,(H,25,30)(H,26,29)/t21-/m0/s1. The van der Waals surface area contributed by atoms with Gasteiger partial charge in [0.1, 0.15) is 18.3 Å². The molecule has 0 saturated heterocycles. The Labute approximate surface area is 190 Å². The Morgan fingerprint density at radius 1 is 1.12 bits per heavy atom. The number of rotatable bonds is 8. The van der Waals surface area contributed by atoms with Crippen molar-refractivity contribution in [1.29, 1.82) is 0 Å². The molecule has 33 heavy (non-hydrogen) atoms. The average Bonchev–Trinajstić information content (AvgIpc) is 2.79. The molecule has 0 aliphatic carbocycles. The molecule has 0 fully saturated rings. The molecule has 0 aliphatic rings. The van der Waals surface area contributed by atoms with Crippen molar-refractivity contribution in [3.05, 3.63) is 53.1 Å². The van der Waals surface area contributed by atoms with E-state index in [0.29, 0.717) is 17.0 Å². The van der Waals surface area contributed by atoms with Gasteiger partial charge in [-0.05, 0) is 24.1 Å². The maximum atomic E-state index is 12.9. The quantitative estimate of drug-likeness (QED) is 0.443. The Hall–Kier alpha value is -4.08. The summed E-state index contributed by atoms with van der Waals surface area (Å²) < 4.78 is 11.6. The lowest BCUT2D eigenvalue weighted by molar-refractivity contribution is -0.127. The molecule has 1 aromatic heterocycles. The molecule has 0 saturated carbocycles. The van der Waals surface area contributed by atoms with Gasteiger partial charge in [0.15, 0.2) is 11.5 Å². The van der Waals surface area contributed by atoms with E-state index >= 15 is 0 Å². The van der Waals surface area contributed by atoms with E-state index in [1.54, 1.807) is 38.1 Å². The number of aromatic nitrogens is 2. The van der Waals surface area contributed by atoms with Crippen molar-refractivity contribution in [3.63, 3.8) is 0 Å². The SMILES string of the molecule is COc1cc2ncn(CC(=O)N[C@H](C(=O)Nc3ccccc3O)C(C)C)c(=O)c2cc1OC. The minimum Gasteiger partial charge on any atom is -0.506 e. The van der Waals surface area contributed by atoms with E-state index in [1.807, 2.05) is 0 Å². The summed E-state index contributed by atoms with van der Waals surface area (Å²) in [6.45, 7) is 3.22. The summed E-state index contributed by atoms with van der Waals surface area (Å²) in [5, 5.41) is 15.4. The van der Waals surface area contributed by atoms with Crippen LogP contribution in [0.1, 0.15) is 13.8 Å². The summed E-state index contributed by atoms with van der Waals surface area (Å²) in [6, 6.07) is 8.51. The summed E-state index contributed by atoms with van der Waals surface area (Å²) in [6.07, 6.45) is 1.27. The van der Waals surface area contributed by atoms with Crippen LogP contribution >= 0.6 is 0 Å². The number of fused-ring (bicyclic) bond motifs is 1. The fourth-order valence-corrected chi connectivity index (χ4v) is 3.30. The number of ether oxygens (including phenoxy) is 2. The summed E-state index contributed by atoms with van der Waals surface area (Å²) in [4.78, 5) is 42.6. The van der Waals surface area contributed by atoms with E-state index in [-0.39, 0.29) is 29.3 Å². The Morgan fingerprint density at radius 2 is 1.79 bits per heavy atom. The van der Waals surface area contributed by atoms with Crippen molar-refractivity contribution < 1.29 is 24.2 Å². The number of phenolic OH excluding ortho intramolecular Hbond substituents is 1. The fourth-order valence-electron chi connectivity index (χ4n) is 3.30. The number of methoxy groups -OCH3 is 2. The van der Waals surface area contributed by atoms with E-state index in [2.05, 4.69) is 15.6 Å². The van der Waals surface area contributed by atoms with Crippen molar-refractivity contribution in [2.24, 2.45) is 5.92 Å². The van der Waals surface area contributed by atoms with Crippen LogP contribution in [0, 0.1) is 5.92 Å². The van der Waals surface area contributed by atoms with Crippen molar-refractivity contribution in [2.75, 3.05) is 19.5 Å². The molecule has 174 valence electrons. The number of anilines is 1. The monoisotopic (exact) mass is 454 g/mol. The highest BCUT2D eigenvalue weighted by atomic mass is 16.5. The van der Waals surface area contributed by atoms with E-state index in [1.165, 1.54) is 32.7 Å². The zero-order valence-corrected chi connectivity index (χ0v) is 18.8. The van der Waals surface area contributed by atoms with Crippen molar-refractivity contribution in [2.45, 2.75) is 26.4 Å². The molecule has 3 N–H and O–H groups in total. The highest BCUT2D eigenvalue weighted by Gasteiger charge is 2.25. The third kappa shape index (κ3) is 5.22. The number of carbonyl (C=O) groups excluding carboxylic acids is 2. The van der Waals surface area contributed by atoms with Gasteiger partial charge in [0.25, 0.3) is 5.56 Å². The van der Waals surface area contributed by atoms with Gasteiger partial charge in [-0.15, -0.1) is 0 Å². The largest absolute Gasteiger partial charge is 0.506 e. The molecule has 3 aromatic rings. The molecule has 10 nitrogen and oxygen atoms in total. The number of carbonyl (C=O) groups is 2. The Kier molecular flexibility index (Phi) is 7.17. The van der Waals surface area contributed by atoms with Crippen molar-refractivity contribution >= 4 is 28.4 Å². The predicted octanol–water partition coefficient (Wildman–Crippen LogP) is 1.90. The second kappa shape index (κ2) is 10.0. The second-order valence-corrected chi connectivity index (χ2v) is 7.70. The van der Waals surface area contributed by atoms with E-state index < -0.39 is 23.4 Å². The smallest absolute Gasteiger partial charge is 0.261 e. The van der Waals surface area contributed by atoms with Gasteiger partial charge in [-0.1, -0.05) is 26.0 Å². The lowest BCUT2D eigenvalue weighted by Crippen LogP contribution is -2.48. The normalized spacial score (nSPS) is 11.8. The predicted molar refractivity (Wildman–Crippen MR) is 123 cm³/mol. The lowest BCUT2D eigenvalue weighted by atomic mass is 10.0. The first-order valence-electron chi connectivity index (χ1n) is 10.2. The maximum Gasteiger partial charge on any atom is 0.261 e. The second-order valence-electron chi connectivity index (χ2n) is 7.70. The average molecular weight is 454 g/mol. The number of hydrogen-bond donors (Lipinski definition) is 3. The Bertz CT molecular complexity index is 1240. The number of benzene rings is 2. The van der Waals surface area contributed by atoms with Gasteiger partial charge in [0.2, 0.25) is 11.8 Å². The van der Waals surface area contributed by atoms with Gasteiger partial charge < -0.3 is 25.2 Å². The molecule has 0 spiro atoms. The lowest BCUT2D eigenvalue weighted by Gasteiger charge is -2.22. The van der Waals surface area contributed by atoms with E-state index in [4.69, 9.17) is 9.47 Å². The van der Waals surface area contributed by atoms with E-state index in [0.717, 1.165) is 4.57 Å². The number of nitrogens with one attached hydrogen (secondary N) is 2. The van der Waals surface area contributed by atoms with Crippen LogP contribution in [0.4, 0.5) is 5.69 Å². The van der Waals surface area contributed by atoms with Crippen LogP contribution in [0.15, 0.2) is 47.5 Å². The van der Waals surface area contributed by atoms with Crippen molar-refractivity contribution in [3.8, 4) is 17.2 Å². The summed E-state index contributed by atoms with van der Waals surface area (Å²) in [5.41, 5.74) is 0.203. The molecule has 2 aromatic carbocycles.